The first kappa shape index (κ1) is 30.9. The fraction of sp³-hybridized carbons (Fsp3) is 0.593. The van der Waals surface area contributed by atoms with E-state index in [0.717, 1.165) is 5.56 Å². The highest BCUT2D eigenvalue weighted by molar-refractivity contribution is 5.97. The molecule has 0 radical (unpaired) electrons. The van der Waals surface area contributed by atoms with E-state index in [0.29, 0.717) is 25.8 Å². The molecule has 0 saturated carbocycles. The van der Waals surface area contributed by atoms with E-state index in [2.05, 4.69) is 16.0 Å². The van der Waals surface area contributed by atoms with E-state index < -0.39 is 54.0 Å². The number of halogens is 3. The van der Waals surface area contributed by atoms with Crippen molar-refractivity contribution in [2.45, 2.75) is 88.6 Å². The van der Waals surface area contributed by atoms with Crippen LogP contribution in [0.25, 0.3) is 0 Å². The Bertz CT molecular complexity index is 1070. The Balaban J connectivity index is 1.78. The van der Waals surface area contributed by atoms with E-state index >= 15 is 0 Å². The Morgan fingerprint density at radius 2 is 1.57 bits per heavy atom. The Labute approximate surface area is 230 Å². The lowest BCUT2D eigenvalue weighted by Crippen LogP contribution is -2.63. The summed E-state index contributed by atoms with van der Waals surface area (Å²) in [5, 5.41) is 9.92. The fourth-order valence-corrected chi connectivity index (χ4v) is 4.93. The third-order valence-corrected chi connectivity index (χ3v) is 7.12. The van der Waals surface area contributed by atoms with Crippen LogP contribution in [-0.2, 0) is 30.4 Å². The van der Waals surface area contributed by atoms with Crippen LogP contribution < -0.4 is 21.3 Å². The van der Waals surface area contributed by atoms with Gasteiger partial charge in [0.15, 0.2) is 0 Å². The number of piperidine rings is 1. The van der Waals surface area contributed by atoms with Crippen molar-refractivity contribution in [2.75, 3.05) is 13.1 Å². The van der Waals surface area contributed by atoms with Gasteiger partial charge in [-0.2, -0.15) is 13.2 Å². The van der Waals surface area contributed by atoms with Crippen LogP contribution in [0.3, 0.4) is 0 Å². The molecule has 0 unspecified atom stereocenters. The zero-order chi connectivity index (χ0) is 29.3. The number of nitrogens with zero attached hydrogens (tertiary/aromatic N) is 1. The Morgan fingerprint density at radius 3 is 2.25 bits per heavy atom. The Morgan fingerprint density at radius 1 is 0.925 bits per heavy atom. The van der Waals surface area contributed by atoms with Crippen LogP contribution in [0.1, 0.15) is 57.4 Å². The minimum Gasteiger partial charge on any atom is -0.348 e. The van der Waals surface area contributed by atoms with Gasteiger partial charge in [0.2, 0.25) is 23.6 Å². The molecule has 10 nitrogen and oxygen atoms in total. The maximum Gasteiger partial charge on any atom is 0.471 e. The molecule has 1 aromatic carbocycles. The minimum atomic E-state index is -4.99. The van der Waals surface area contributed by atoms with Crippen molar-refractivity contribution in [3.8, 4) is 0 Å². The molecule has 220 valence electrons. The third-order valence-electron chi connectivity index (χ3n) is 7.12. The molecule has 2 fully saturated rings. The highest BCUT2D eigenvalue weighted by Crippen LogP contribution is 2.21. The molecule has 2 heterocycles. The van der Waals surface area contributed by atoms with Crippen molar-refractivity contribution in [2.24, 2.45) is 0 Å². The van der Waals surface area contributed by atoms with Gasteiger partial charge in [0.25, 0.3) is 0 Å². The topological polar surface area (TPSA) is 137 Å². The van der Waals surface area contributed by atoms with E-state index in [1.807, 2.05) is 30.3 Å². The summed E-state index contributed by atoms with van der Waals surface area (Å²) in [7, 11) is 0. The molecule has 0 spiro atoms. The number of nitrogens with one attached hydrogen (secondary N) is 4. The average Bonchev–Trinajstić information content (AvgIpc) is 2.93. The SMILES string of the molecule is CC[C@@H]1NC(=O)[C@H](CCCCNC(=O)C(F)(F)F)NC(=O)[C@H]2CCCCN2C(=O)[C@H](Cc2ccccc2)NC1=O. The number of benzene rings is 1. The Kier molecular flexibility index (Phi) is 10.9. The second-order valence-electron chi connectivity index (χ2n) is 10.1. The summed E-state index contributed by atoms with van der Waals surface area (Å²) in [5.41, 5.74) is 0.829. The summed E-state index contributed by atoms with van der Waals surface area (Å²) in [6.45, 7) is 1.77. The van der Waals surface area contributed by atoms with Crippen molar-refractivity contribution in [3.05, 3.63) is 35.9 Å². The quantitative estimate of drug-likeness (QED) is 0.352. The van der Waals surface area contributed by atoms with Gasteiger partial charge in [-0.15, -0.1) is 0 Å². The summed E-state index contributed by atoms with van der Waals surface area (Å²) in [4.78, 5) is 66.0. The van der Waals surface area contributed by atoms with Crippen molar-refractivity contribution >= 4 is 29.5 Å². The summed E-state index contributed by atoms with van der Waals surface area (Å²) in [6.07, 6.45) is -2.36. The number of rotatable bonds is 8. The number of carbonyl (C=O) groups is 5. The molecule has 40 heavy (non-hydrogen) atoms. The molecule has 3 rings (SSSR count). The number of carbonyl (C=O) groups excluding carboxylic acids is 5. The van der Waals surface area contributed by atoms with Crippen molar-refractivity contribution in [3.63, 3.8) is 0 Å². The monoisotopic (exact) mass is 567 g/mol. The van der Waals surface area contributed by atoms with Crippen LogP contribution in [-0.4, -0.2) is 77.9 Å². The van der Waals surface area contributed by atoms with Crippen molar-refractivity contribution in [1.29, 1.82) is 0 Å². The number of amides is 5. The maximum absolute atomic E-state index is 13.7. The largest absolute Gasteiger partial charge is 0.471 e. The van der Waals surface area contributed by atoms with Crippen LogP contribution in [0, 0.1) is 0 Å². The molecular formula is C27H36F3N5O5. The standard InChI is InChI=1S/C27H36F3N5O5/c1-2-18-22(36)34-20(16-17-10-4-3-5-11-17)25(39)35-15-9-7-13-21(35)24(38)33-19(23(37)32-18)12-6-8-14-31-26(40)27(28,29)30/h3-5,10-11,18-21H,2,6-9,12-16H2,1H3,(H,31,40)(H,32,37)(H,33,38)(H,34,36)/t18-,19-,20-,21+/m0/s1. The lowest BCUT2D eigenvalue weighted by atomic mass is 9.96. The van der Waals surface area contributed by atoms with E-state index in [1.165, 1.54) is 4.90 Å². The van der Waals surface area contributed by atoms with Gasteiger partial charge in [0.05, 0.1) is 0 Å². The van der Waals surface area contributed by atoms with Gasteiger partial charge in [-0.3, -0.25) is 24.0 Å². The molecule has 2 aliphatic rings. The Hall–Kier alpha value is -3.64. The molecule has 5 amide bonds. The van der Waals surface area contributed by atoms with Gasteiger partial charge in [-0.25, -0.2) is 0 Å². The van der Waals surface area contributed by atoms with Crippen molar-refractivity contribution in [1.82, 2.24) is 26.2 Å². The summed E-state index contributed by atoms with van der Waals surface area (Å²) >= 11 is 0. The zero-order valence-corrected chi connectivity index (χ0v) is 22.4. The van der Waals surface area contributed by atoms with Gasteiger partial charge >= 0.3 is 12.1 Å². The number of hydrogen-bond acceptors (Lipinski definition) is 5. The number of fused-ring (bicyclic) bond motifs is 1. The lowest BCUT2D eigenvalue weighted by molar-refractivity contribution is -0.173. The van der Waals surface area contributed by atoms with Crippen LogP contribution in [0.15, 0.2) is 30.3 Å². The van der Waals surface area contributed by atoms with Crippen LogP contribution in [0.4, 0.5) is 13.2 Å². The molecule has 0 aromatic heterocycles. The summed E-state index contributed by atoms with van der Waals surface area (Å²) in [6, 6.07) is 5.36. The highest BCUT2D eigenvalue weighted by atomic mass is 19.4. The molecule has 1 aromatic rings. The molecule has 4 N–H and O–H groups in total. The molecule has 4 atom stereocenters. The predicted molar refractivity (Wildman–Crippen MR) is 138 cm³/mol. The zero-order valence-electron chi connectivity index (χ0n) is 22.4. The smallest absolute Gasteiger partial charge is 0.348 e. The first-order chi connectivity index (χ1) is 19.0. The van der Waals surface area contributed by atoms with Gasteiger partial charge in [-0.05, 0) is 50.5 Å². The van der Waals surface area contributed by atoms with E-state index in [1.54, 1.807) is 12.2 Å². The van der Waals surface area contributed by atoms with E-state index in [4.69, 9.17) is 0 Å². The number of alkyl halides is 3. The number of unbranched alkanes of at least 4 members (excludes halogenated alkanes) is 1. The first-order valence-electron chi connectivity index (χ1n) is 13.6. The third kappa shape index (κ3) is 8.43. The second kappa shape index (κ2) is 14.1. The minimum absolute atomic E-state index is 0.0643. The van der Waals surface area contributed by atoms with E-state index in [-0.39, 0.29) is 44.6 Å². The van der Waals surface area contributed by atoms with Crippen LogP contribution in [0.5, 0.6) is 0 Å². The molecule has 2 aliphatic heterocycles. The van der Waals surface area contributed by atoms with E-state index in [9.17, 15) is 37.1 Å². The van der Waals surface area contributed by atoms with Crippen molar-refractivity contribution < 1.29 is 37.1 Å². The molecule has 2 saturated heterocycles. The summed E-state index contributed by atoms with van der Waals surface area (Å²) in [5.74, 6) is -4.07. The fourth-order valence-electron chi connectivity index (χ4n) is 4.93. The number of hydrogen-bond donors (Lipinski definition) is 4. The normalized spacial score (nSPS) is 24.6. The molecule has 0 aliphatic carbocycles. The predicted octanol–water partition coefficient (Wildman–Crippen LogP) is 1.34. The van der Waals surface area contributed by atoms with Gasteiger partial charge < -0.3 is 26.2 Å². The van der Waals surface area contributed by atoms with Crippen LogP contribution in [0.2, 0.25) is 0 Å². The first-order valence-corrected chi connectivity index (χ1v) is 13.6. The molecular weight excluding hydrogens is 531 g/mol. The molecule has 13 heteroatoms. The van der Waals surface area contributed by atoms with Gasteiger partial charge in [0, 0.05) is 19.5 Å². The lowest BCUT2D eigenvalue weighted by Gasteiger charge is -2.38. The maximum atomic E-state index is 13.7. The second-order valence-corrected chi connectivity index (χ2v) is 10.1. The van der Waals surface area contributed by atoms with Gasteiger partial charge in [0.1, 0.15) is 24.2 Å². The highest BCUT2D eigenvalue weighted by Gasteiger charge is 2.40. The van der Waals surface area contributed by atoms with Gasteiger partial charge in [-0.1, -0.05) is 37.3 Å². The average molecular weight is 568 g/mol. The summed E-state index contributed by atoms with van der Waals surface area (Å²) < 4.78 is 37.2. The van der Waals surface area contributed by atoms with Crippen LogP contribution >= 0.6 is 0 Å². The molecule has 0 bridgehead atoms.